The van der Waals surface area contributed by atoms with Gasteiger partial charge >= 0.3 is 5.97 Å². The molecule has 0 saturated heterocycles. The summed E-state index contributed by atoms with van der Waals surface area (Å²) in [6, 6.07) is 11.6. The van der Waals surface area contributed by atoms with Crippen molar-refractivity contribution in [3.05, 3.63) is 115 Å². The van der Waals surface area contributed by atoms with Gasteiger partial charge in [-0.25, -0.2) is 13.2 Å². The van der Waals surface area contributed by atoms with Gasteiger partial charge in [-0.2, -0.15) is 10.2 Å². The normalized spacial score (nSPS) is 13.1. The maximum Gasteiger partial charge on any atom is 0.338 e. The molecule has 3 N–H and O–H groups in total. The number of carboxylic acids is 1. The van der Waals surface area contributed by atoms with Crippen LogP contribution in [0.3, 0.4) is 0 Å². The van der Waals surface area contributed by atoms with E-state index in [1.807, 2.05) is 0 Å². The van der Waals surface area contributed by atoms with Crippen molar-refractivity contribution in [3.8, 4) is 0 Å². The fourth-order valence-corrected chi connectivity index (χ4v) is 3.91. The molecule has 1 atom stereocenters. The van der Waals surface area contributed by atoms with Gasteiger partial charge in [0.25, 0.3) is 0 Å². The molecule has 14 heteroatoms. The largest absolute Gasteiger partial charge is 0.768 e. The molecule has 0 aliphatic heterocycles. The van der Waals surface area contributed by atoms with Crippen LogP contribution in [-0.2, 0) is 20.9 Å². The first-order valence-electron chi connectivity index (χ1n) is 10.0. The lowest BCUT2D eigenvalue weighted by Crippen LogP contribution is -2.50. The predicted molar refractivity (Wildman–Crippen MR) is 135 cm³/mol. The molecule has 3 aromatic carbocycles. The zero-order valence-electron chi connectivity index (χ0n) is 18.7. The molecular formula is C23H17N4O8S2-. The van der Waals surface area contributed by atoms with E-state index in [4.69, 9.17) is 0 Å². The van der Waals surface area contributed by atoms with Crippen LogP contribution in [0, 0.1) is 0 Å². The lowest BCUT2D eigenvalue weighted by atomic mass is 10.2. The van der Waals surface area contributed by atoms with Gasteiger partial charge in [0.15, 0.2) is 15.2 Å². The van der Waals surface area contributed by atoms with E-state index >= 15 is 0 Å². The van der Waals surface area contributed by atoms with E-state index < -0.39 is 54.0 Å². The van der Waals surface area contributed by atoms with Crippen molar-refractivity contribution < 1.29 is 27.1 Å². The van der Waals surface area contributed by atoms with Crippen LogP contribution in [0.4, 0.5) is 11.4 Å². The van der Waals surface area contributed by atoms with Crippen LogP contribution in [-0.4, -0.2) is 28.3 Å². The van der Waals surface area contributed by atoms with Crippen LogP contribution in [0.15, 0.2) is 97.9 Å². The number of hydrogen-bond donors (Lipinski definition) is 3. The van der Waals surface area contributed by atoms with Crippen LogP contribution in [0.2, 0.25) is 0 Å². The highest BCUT2D eigenvalue weighted by atomic mass is 32.2. The van der Waals surface area contributed by atoms with Gasteiger partial charge in [-0.05, 0) is 53.0 Å². The number of carbonyl (C=O) groups is 1. The lowest BCUT2D eigenvalue weighted by molar-refractivity contribution is 0.0694. The third-order valence-corrected chi connectivity index (χ3v) is 6.83. The highest BCUT2D eigenvalue weighted by Gasteiger charge is 2.14. The zero-order chi connectivity index (χ0) is 27.3. The standard InChI is InChI=1S/C23H18N4O8S2/c1-3-37(34,35)17-10-8-16(9-11-17)25-27-21-19(28)12-18(23(30)31)20(22(21)29)26-24-15-6-4-14(5-7-15)13(2)36(32)33/h3-12,24-25H,1-2H2,(H,30,31)(H,32,33)/p-1/b26-20-,27-21+. The number of rotatable bonds is 9. The average molecular weight is 542 g/mol. The number of benzene rings is 3. The highest BCUT2D eigenvalue weighted by Crippen LogP contribution is 2.18. The van der Waals surface area contributed by atoms with E-state index in [-0.39, 0.29) is 21.2 Å². The first-order valence-corrected chi connectivity index (χ1v) is 12.6. The number of carboxylic acid groups (broad SMARTS) is 1. The van der Waals surface area contributed by atoms with Gasteiger partial charge in [-0.15, -0.1) is 0 Å². The number of nitrogens with zero attached hydrogens (tertiary/aromatic N) is 2. The minimum absolute atomic E-state index is 0.0290. The Balaban J connectivity index is 2.00. The van der Waals surface area contributed by atoms with Crippen molar-refractivity contribution in [2.75, 3.05) is 10.9 Å². The van der Waals surface area contributed by atoms with Crippen molar-refractivity contribution >= 4 is 43.2 Å². The Bertz CT molecular complexity index is 1760. The summed E-state index contributed by atoms with van der Waals surface area (Å²) in [5.74, 6) is -1.57. The summed E-state index contributed by atoms with van der Waals surface area (Å²) in [4.78, 5) is 36.7. The van der Waals surface area contributed by atoms with Crippen LogP contribution in [0.1, 0.15) is 15.9 Å². The van der Waals surface area contributed by atoms with Gasteiger partial charge in [0.2, 0.25) is 10.9 Å². The number of nitrogens with one attached hydrogen (secondary N) is 2. The average Bonchev–Trinajstić information content (AvgIpc) is 2.87. The second kappa shape index (κ2) is 11.0. The summed E-state index contributed by atoms with van der Waals surface area (Å²) in [6.45, 7) is 6.66. The summed E-state index contributed by atoms with van der Waals surface area (Å²) >= 11 is -2.51. The number of sulfone groups is 1. The van der Waals surface area contributed by atoms with Crippen LogP contribution < -0.4 is 32.4 Å². The van der Waals surface area contributed by atoms with E-state index in [9.17, 15) is 36.7 Å². The molecule has 0 bridgehead atoms. The predicted octanol–water partition coefficient (Wildman–Crippen LogP) is 0.603. The van der Waals surface area contributed by atoms with Gasteiger partial charge < -0.3 is 9.66 Å². The molecule has 190 valence electrons. The third-order valence-electron chi connectivity index (χ3n) is 4.83. The van der Waals surface area contributed by atoms with Gasteiger partial charge in [-0.3, -0.25) is 24.6 Å². The van der Waals surface area contributed by atoms with E-state index in [1.54, 1.807) is 0 Å². The topological polar surface area (TPSA) is 194 Å². The quantitative estimate of drug-likeness (QED) is 0.255. The maximum atomic E-state index is 12.9. The van der Waals surface area contributed by atoms with Crippen molar-refractivity contribution in [1.29, 1.82) is 0 Å². The summed E-state index contributed by atoms with van der Waals surface area (Å²) < 4.78 is 45.6. The summed E-state index contributed by atoms with van der Waals surface area (Å²) in [5.41, 5.74) is 3.05. The Morgan fingerprint density at radius 2 is 1.49 bits per heavy atom. The summed E-state index contributed by atoms with van der Waals surface area (Å²) in [5, 5.41) is 16.5. The second-order valence-corrected chi connectivity index (χ2v) is 10.0. The molecule has 0 spiro atoms. The Morgan fingerprint density at radius 3 is 1.97 bits per heavy atom. The Labute approximate surface area is 211 Å². The van der Waals surface area contributed by atoms with Crippen LogP contribution in [0.25, 0.3) is 4.91 Å². The Kier molecular flexibility index (Phi) is 8.07. The van der Waals surface area contributed by atoms with Crippen molar-refractivity contribution in [2.45, 2.75) is 4.90 Å². The molecule has 1 unspecified atom stereocenters. The van der Waals surface area contributed by atoms with Gasteiger partial charge in [0.05, 0.1) is 21.8 Å². The molecule has 0 saturated carbocycles. The molecule has 3 rings (SSSR count). The molecule has 0 heterocycles. The summed E-state index contributed by atoms with van der Waals surface area (Å²) in [6.07, 6.45) is 0. The minimum Gasteiger partial charge on any atom is -0.768 e. The van der Waals surface area contributed by atoms with Gasteiger partial charge in [-0.1, -0.05) is 25.3 Å². The smallest absolute Gasteiger partial charge is 0.338 e. The first-order chi connectivity index (χ1) is 17.4. The second-order valence-electron chi connectivity index (χ2n) is 7.17. The van der Waals surface area contributed by atoms with Crippen molar-refractivity contribution in [1.82, 2.24) is 0 Å². The molecule has 0 amide bonds. The molecule has 0 aliphatic rings. The molecular weight excluding hydrogens is 524 g/mol. The van der Waals surface area contributed by atoms with E-state index in [2.05, 4.69) is 34.2 Å². The fraction of sp³-hybridized carbons (Fsp3) is 0. The Hall–Kier alpha value is -4.53. The van der Waals surface area contributed by atoms with Crippen LogP contribution in [0.5, 0.6) is 0 Å². The SMILES string of the molecule is C=CS(=O)(=O)c1ccc(N/N=c2\c(=O)cc(C(=O)O)/c(=N/Nc3ccc(C(=C)S(=O)[O-])cc3)c2=O)cc1. The monoisotopic (exact) mass is 541 g/mol. The van der Waals surface area contributed by atoms with E-state index in [0.717, 1.165) is 5.41 Å². The van der Waals surface area contributed by atoms with Crippen LogP contribution >= 0.6 is 0 Å². The first kappa shape index (κ1) is 27.1. The van der Waals surface area contributed by atoms with E-state index in [0.29, 0.717) is 11.6 Å². The lowest BCUT2D eigenvalue weighted by Gasteiger charge is -2.09. The molecule has 12 nitrogen and oxygen atoms in total. The van der Waals surface area contributed by atoms with E-state index in [1.165, 1.54) is 48.5 Å². The number of anilines is 2. The van der Waals surface area contributed by atoms with Crippen molar-refractivity contribution in [3.63, 3.8) is 0 Å². The Morgan fingerprint density at radius 1 is 0.973 bits per heavy atom. The number of hydrogen-bond acceptors (Lipinski definition) is 11. The fourth-order valence-electron chi connectivity index (χ4n) is 2.88. The van der Waals surface area contributed by atoms with Crippen molar-refractivity contribution in [2.24, 2.45) is 10.2 Å². The zero-order valence-corrected chi connectivity index (χ0v) is 20.3. The van der Waals surface area contributed by atoms with Gasteiger partial charge in [0, 0.05) is 16.4 Å². The highest BCUT2D eigenvalue weighted by molar-refractivity contribution is 7.94. The molecule has 0 aromatic heterocycles. The molecule has 3 aromatic rings. The third kappa shape index (κ3) is 6.19. The molecule has 0 radical (unpaired) electrons. The minimum atomic E-state index is -3.66. The molecule has 0 fully saturated rings. The molecule has 0 aliphatic carbocycles. The number of aromatic carboxylic acids is 1. The van der Waals surface area contributed by atoms with Gasteiger partial charge in [0.1, 0.15) is 5.36 Å². The molecule has 37 heavy (non-hydrogen) atoms. The summed E-state index contributed by atoms with van der Waals surface area (Å²) in [7, 11) is -3.66. The maximum absolute atomic E-state index is 12.9.